The van der Waals surface area contributed by atoms with E-state index in [1.165, 1.54) is 17.3 Å². The van der Waals surface area contributed by atoms with Crippen molar-refractivity contribution in [2.24, 2.45) is 11.5 Å². The standard InChI is InChI=1S/C23H24ClFN6O3/c1-23(2,27)9-10-31(22(34)19-18(20(26)32)28-12-29-19)15-6-4-14(5-7-15)30-21(33)16-8-3-13(25)11-17(16)24/h3-8,11-12H,9-10,27H2,1-2H3,(H2,26,32)(H,28,29)(H,30,33). The number of halogens is 2. The Bertz CT molecular complexity index is 1220. The van der Waals surface area contributed by atoms with Gasteiger partial charge >= 0.3 is 0 Å². The van der Waals surface area contributed by atoms with Gasteiger partial charge in [0.15, 0.2) is 5.69 Å². The summed E-state index contributed by atoms with van der Waals surface area (Å²) in [6, 6.07) is 9.94. The van der Waals surface area contributed by atoms with E-state index in [0.29, 0.717) is 17.8 Å². The minimum atomic E-state index is -0.832. The summed E-state index contributed by atoms with van der Waals surface area (Å²) in [5.74, 6) is -2.40. The van der Waals surface area contributed by atoms with E-state index in [0.717, 1.165) is 12.1 Å². The van der Waals surface area contributed by atoms with Crippen molar-refractivity contribution in [2.45, 2.75) is 25.8 Å². The second kappa shape index (κ2) is 10.0. The van der Waals surface area contributed by atoms with Crippen LogP contribution in [-0.2, 0) is 0 Å². The fourth-order valence-corrected chi connectivity index (χ4v) is 3.38. The normalized spacial score (nSPS) is 11.2. The van der Waals surface area contributed by atoms with Crippen molar-refractivity contribution in [3.05, 3.63) is 76.6 Å². The second-order valence-corrected chi connectivity index (χ2v) is 8.72. The van der Waals surface area contributed by atoms with Crippen LogP contribution in [0.15, 0.2) is 48.8 Å². The summed E-state index contributed by atoms with van der Waals surface area (Å²) in [7, 11) is 0. The first-order valence-corrected chi connectivity index (χ1v) is 10.6. The number of rotatable bonds is 8. The number of amides is 3. The fraction of sp³-hybridized carbons (Fsp3) is 0.217. The largest absolute Gasteiger partial charge is 0.364 e. The van der Waals surface area contributed by atoms with Gasteiger partial charge in [-0.15, -0.1) is 0 Å². The van der Waals surface area contributed by atoms with Gasteiger partial charge in [0.2, 0.25) is 0 Å². The smallest absolute Gasteiger partial charge is 0.277 e. The van der Waals surface area contributed by atoms with Gasteiger partial charge in [-0.05, 0) is 62.7 Å². The molecule has 9 nitrogen and oxygen atoms in total. The summed E-state index contributed by atoms with van der Waals surface area (Å²) in [6.07, 6.45) is 1.68. The minimum absolute atomic E-state index is 0.0138. The van der Waals surface area contributed by atoms with Crippen molar-refractivity contribution in [1.29, 1.82) is 0 Å². The third-order valence-electron chi connectivity index (χ3n) is 4.92. The Morgan fingerprint density at radius 3 is 2.44 bits per heavy atom. The highest BCUT2D eigenvalue weighted by Gasteiger charge is 2.26. The highest BCUT2D eigenvalue weighted by Crippen LogP contribution is 2.24. The minimum Gasteiger partial charge on any atom is -0.364 e. The lowest BCUT2D eigenvalue weighted by Gasteiger charge is -2.27. The number of primary amides is 1. The Hall–Kier alpha value is -3.76. The van der Waals surface area contributed by atoms with E-state index >= 15 is 0 Å². The summed E-state index contributed by atoms with van der Waals surface area (Å²) >= 11 is 5.95. The molecule has 34 heavy (non-hydrogen) atoms. The van der Waals surface area contributed by atoms with E-state index in [2.05, 4.69) is 15.3 Å². The number of carbonyl (C=O) groups excluding carboxylic acids is 3. The number of aromatic nitrogens is 2. The van der Waals surface area contributed by atoms with Gasteiger partial charge in [-0.3, -0.25) is 14.4 Å². The Morgan fingerprint density at radius 2 is 1.85 bits per heavy atom. The number of imidazole rings is 1. The lowest BCUT2D eigenvalue weighted by atomic mass is 10.0. The maximum Gasteiger partial charge on any atom is 0.277 e. The highest BCUT2D eigenvalue weighted by molar-refractivity contribution is 6.34. The van der Waals surface area contributed by atoms with Gasteiger partial charge in [-0.2, -0.15) is 0 Å². The van der Waals surface area contributed by atoms with Crippen LogP contribution in [0.2, 0.25) is 5.02 Å². The van der Waals surface area contributed by atoms with E-state index in [1.54, 1.807) is 24.3 Å². The molecular formula is C23H24ClFN6O3. The van der Waals surface area contributed by atoms with Gasteiger partial charge < -0.3 is 26.7 Å². The Labute approximate surface area is 200 Å². The maximum atomic E-state index is 13.3. The molecule has 6 N–H and O–H groups in total. The highest BCUT2D eigenvalue weighted by atomic mass is 35.5. The van der Waals surface area contributed by atoms with Crippen molar-refractivity contribution >= 4 is 40.7 Å². The molecule has 0 aliphatic heterocycles. The SMILES string of the molecule is CC(C)(N)CCN(C(=O)c1[nH]cnc1C(N)=O)c1ccc(NC(=O)c2ccc(F)cc2Cl)cc1. The number of benzene rings is 2. The number of nitrogens with zero attached hydrogens (tertiary/aromatic N) is 2. The maximum absolute atomic E-state index is 13.3. The molecule has 11 heteroatoms. The molecule has 3 amide bonds. The van der Waals surface area contributed by atoms with Crippen LogP contribution < -0.4 is 21.7 Å². The average Bonchev–Trinajstić information content (AvgIpc) is 3.24. The van der Waals surface area contributed by atoms with Crippen LogP contribution in [-0.4, -0.2) is 39.8 Å². The zero-order valence-electron chi connectivity index (χ0n) is 18.6. The molecule has 0 atom stereocenters. The quantitative estimate of drug-likeness (QED) is 0.385. The van der Waals surface area contributed by atoms with Crippen molar-refractivity contribution < 1.29 is 18.8 Å². The molecule has 0 spiro atoms. The fourth-order valence-electron chi connectivity index (χ4n) is 3.12. The van der Waals surface area contributed by atoms with E-state index in [1.807, 2.05) is 13.8 Å². The Kier molecular flexibility index (Phi) is 7.33. The van der Waals surface area contributed by atoms with Gasteiger partial charge in [0.1, 0.15) is 11.5 Å². The molecule has 1 heterocycles. The third kappa shape index (κ3) is 5.97. The third-order valence-corrected chi connectivity index (χ3v) is 5.24. The summed E-state index contributed by atoms with van der Waals surface area (Å²) in [4.78, 5) is 45.3. The van der Waals surface area contributed by atoms with Gasteiger partial charge in [-0.1, -0.05) is 11.6 Å². The molecule has 0 radical (unpaired) electrons. The second-order valence-electron chi connectivity index (χ2n) is 8.31. The van der Waals surface area contributed by atoms with Gasteiger partial charge in [0, 0.05) is 23.5 Å². The topological polar surface area (TPSA) is 147 Å². The first-order chi connectivity index (χ1) is 16.0. The number of nitrogens with two attached hydrogens (primary N) is 2. The van der Waals surface area contributed by atoms with E-state index in [9.17, 15) is 18.8 Å². The number of aromatic amines is 1. The first kappa shape index (κ1) is 24.9. The predicted molar refractivity (Wildman–Crippen MR) is 127 cm³/mol. The molecule has 0 aliphatic rings. The van der Waals surface area contributed by atoms with Crippen molar-refractivity contribution in [3.8, 4) is 0 Å². The van der Waals surface area contributed by atoms with Gasteiger partial charge in [0.05, 0.1) is 16.9 Å². The monoisotopic (exact) mass is 486 g/mol. The lowest BCUT2D eigenvalue weighted by Crippen LogP contribution is -2.40. The van der Waals surface area contributed by atoms with Crippen LogP contribution in [0.25, 0.3) is 0 Å². The van der Waals surface area contributed by atoms with Crippen LogP contribution in [0, 0.1) is 5.82 Å². The van der Waals surface area contributed by atoms with Gasteiger partial charge in [0.25, 0.3) is 17.7 Å². The number of anilines is 2. The van der Waals surface area contributed by atoms with E-state index < -0.39 is 29.1 Å². The Morgan fingerprint density at radius 1 is 1.18 bits per heavy atom. The molecule has 2 aromatic carbocycles. The summed E-state index contributed by atoms with van der Waals surface area (Å²) in [5, 5.41) is 2.66. The molecular weight excluding hydrogens is 463 g/mol. The molecule has 3 aromatic rings. The summed E-state index contributed by atoms with van der Waals surface area (Å²) < 4.78 is 13.2. The molecule has 0 saturated carbocycles. The van der Waals surface area contributed by atoms with E-state index in [-0.39, 0.29) is 28.5 Å². The number of H-pyrrole nitrogens is 1. The van der Waals surface area contributed by atoms with Crippen LogP contribution in [0.5, 0.6) is 0 Å². The molecule has 3 rings (SSSR count). The summed E-state index contributed by atoms with van der Waals surface area (Å²) in [5.41, 5.74) is 11.7. The molecule has 0 bridgehead atoms. The van der Waals surface area contributed by atoms with Crippen molar-refractivity contribution in [3.63, 3.8) is 0 Å². The number of carbonyl (C=O) groups is 3. The molecule has 0 fully saturated rings. The molecule has 0 saturated heterocycles. The zero-order valence-corrected chi connectivity index (χ0v) is 19.3. The van der Waals surface area contributed by atoms with Crippen LogP contribution >= 0.6 is 11.6 Å². The van der Waals surface area contributed by atoms with E-state index in [4.69, 9.17) is 23.1 Å². The number of hydrogen-bond donors (Lipinski definition) is 4. The molecule has 0 aliphatic carbocycles. The predicted octanol–water partition coefficient (Wildman–Crippen LogP) is 3.33. The lowest BCUT2D eigenvalue weighted by molar-refractivity contribution is 0.0954. The number of nitrogens with one attached hydrogen (secondary N) is 2. The average molecular weight is 487 g/mol. The number of hydrogen-bond acceptors (Lipinski definition) is 5. The molecule has 0 unspecified atom stereocenters. The summed E-state index contributed by atoms with van der Waals surface area (Å²) in [6.45, 7) is 3.91. The Balaban J connectivity index is 1.85. The van der Waals surface area contributed by atoms with Crippen molar-refractivity contribution in [1.82, 2.24) is 9.97 Å². The van der Waals surface area contributed by atoms with Crippen LogP contribution in [0.3, 0.4) is 0 Å². The molecule has 178 valence electrons. The van der Waals surface area contributed by atoms with Crippen LogP contribution in [0.1, 0.15) is 51.6 Å². The van der Waals surface area contributed by atoms with Crippen molar-refractivity contribution in [2.75, 3.05) is 16.8 Å². The van der Waals surface area contributed by atoms with Crippen LogP contribution in [0.4, 0.5) is 15.8 Å². The zero-order chi connectivity index (χ0) is 25.0. The van der Waals surface area contributed by atoms with Gasteiger partial charge in [-0.25, -0.2) is 9.37 Å². The first-order valence-electron chi connectivity index (χ1n) is 10.3. The molecule has 1 aromatic heterocycles.